The van der Waals surface area contributed by atoms with Crippen molar-refractivity contribution in [1.82, 2.24) is 9.55 Å². The average Bonchev–Trinajstić information content (AvgIpc) is 3.14. The molecule has 4 rings (SSSR count). The van der Waals surface area contributed by atoms with Crippen molar-refractivity contribution in [3.8, 4) is 5.75 Å². The van der Waals surface area contributed by atoms with Crippen LogP contribution in [0.2, 0.25) is 0 Å². The molecule has 30 heavy (non-hydrogen) atoms. The van der Waals surface area contributed by atoms with Gasteiger partial charge in [-0.25, -0.2) is 4.98 Å². The summed E-state index contributed by atoms with van der Waals surface area (Å²) in [6, 6.07) is 15.1. The van der Waals surface area contributed by atoms with E-state index >= 15 is 0 Å². The second-order valence-electron chi connectivity index (χ2n) is 7.32. The molecule has 7 nitrogen and oxygen atoms in total. The highest BCUT2D eigenvalue weighted by atomic mass is 16.5. The fourth-order valence-electron chi connectivity index (χ4n) is 3.49. The Labute approximate surface area is 175 Å². The van der Waals surface area contributed by atoms with E-state index in [-0.39, 0.29) is 18.2 Å². The predicted molar refractivity (Wildman–Crippen MR) is 115 cm³/mol. The summed E-state index contributed by atoms with van der Waals surface area (Å²) in [7, 11) is 0. The van der Waals surface area contributed by atoms with E-state index in [4.69, 9.17) is 4.74 Å². The summed E-state index contributed by atoms with van der Waals surface area (Å²) in [4.78, 5) is 30.8. The molecule has 7 heteroatoms. The van der Waals surface area contributed by atoms with E-state index in [1.807, 2.05) is 61.7 Å². The standard InChI is InChI=1S/C23H24N4O3/c1-16-23(29)27(20-5-3-4-6-21(20)30-16)13-11-22(28)25-19-9-7-18(8-10-19)15-26-14-12-24-17(26)2/h3-10,12,14,16H,11,13,15H2,1-2H3,(H,25,28). The van der Waals surface area contributed by atoms with Crippen molar-refractivity contribution in [2.45, 2.75) is 32.9 Å². The van der Waals surface area contributed by atoms with Gasteiger partial charge in [0.05, 0.1) is 5.69 Å². The van der Waals surface area contributed by atoms with Crippen LogP contribution in [0.4, 0.5) is 11.4 Å². The quantitative estimate of drug-likeness (QED) is 0.683. The third kappa shape index (κ3) is 4.20. The van der Waals surface area contributed by atoms with Crippen molar-refractivity contribution in [2.24, 2.45) is 0 Å². The first-order valence-electron chi connectivity index (χ1n) is 9.95. The summed E-state index contributed by atoms with van der Waals surface area (Å²) in [5.74, 6) is 1.34. The molecule has 1 unspecified atom stereocenters. The largest absolute Gasteiger partial charge is 0.479 e. The monoisotopic (exact) mass is 404 g/mol. The number of anilines is 2. The first kappa shape index (κ1) is 19.7. The lowest BCUT2D eigenvalue weighted by atomic mass is 10.1. The molecule has 2 aromatic carbocycles. The fourth-order valence-corrected chi connectivity index (χ4v) is 3.49. The summed E-state index contributed by atoms with van der Waals surface area (Å²) in [6.45, 7) is 4.72. The minimum Gasteiger partial charge on any atom is -0.479 e. The van der Waals surface area contributed by atoms with Crippen molar-refractivity contribution in [3.05, 3.63) is 72.3 Å². The van der Waals surface area contributed by atoms with E-state index in [2.05, 4.69) is 14.9 Å². The molecule has 0 aliphatic carbocycles. The highest BCUT2D eigenvalue weighted by Crippen LogP contribution is 2.33. The molecule has 0 bridgehead atoms. The predicted octanol–water partition coefficient (Wildman–Crippen LogP) is 3.38. The lowest BCUT2D eigenvalue weighted by molar-refractivity contribution is -0.125. The number of aryl methyl sites for hydroxylation is 1. The van der Waals surface area contributed by atoms with Gasteiger partial charge < -0.3 is 19.5 Å². The van der Waals surface area contributed by atoms with Gasteiger partial charge in [0.25, 0.3) is 5.91 Å². The zero-order valence-corrected chi connectivity index (χ0v) is 17.0. The number of amides is 2. The number of carbonyl (C=O) groups is 2. The lowest BCUT2D eigenvalue weighted by Crippen LogP contribution is -2.45. The van der Waals surface area contributed by atoms with Crippen LogP contribution in [0.1, 0.15) is 24.7 Å². The third-order valence-electron chi connectivity index (χ3n) is 5.15. The Hall–Kier alpha value is -3.61. The molecule has 1 aliphatic heterocycles. The van der Waals surface area contributed by atoms with E-state index < -0.39 is 6.10 Å². The number of imidazole rings is 1. The number of hydrogen-bond acceptors (Lipinski definition) is 4. The van der Waals surface area contributed by atoms with E-state index in [0.717, 1.165) is 23.6 Å². The van der Waals surface area contributed by atoms with Crippen LogP contribution >= 0.6 is 0 Å². The molecule has 154 valence electrons. The maximum atomic E-state index is 12.5. The normalized spacial score (nSPS) is 15.5. The van der Waals surface area contributed by atoms with Gasteiger partial charge in [-0.2, -0.15) is 0 Å². The number of fused-ring (bicyclic) bond motifs is 1. The van der Waals surface area contributed by atoms with Gasteiger partial charge in [0.15, 0.2) is 6.10 Å². The van der Waals surface area contributed by atoms with Crippen molar-refractivity contribution >= 4 is 23.2 Å². The van der Waals surface area contributed by atoms with Crippen LogP contribution < -0.4 is 15.0 Å². The first-order valence-corrected chi connectivity index (χ1v) is 9.95. The molecule has 1 atom stereocenters. The molecular weight excluding hydrogens is 380 g/mol. The van der Waals surface area contributed by atoms with Crippen molar-refractivity contribution in [2.75, 3.05) is 16.8 Å². The SMILES string of the molecule is Cc1nccn1Cc1ccc(NC(=O)CCN2C(=O)C(C)Oc3ccccc32)cc1. The molecule has 0 fully saturated rings. The summed E-state index contributed by atoms with van der Waals surface area (Å²) in [6.07, 6.45) is 3.36. The van der Waals surface area contributed by atoms with Crippen LogP contribution in [0.25, 0.3) is 0 Å². The van der Waals surface area contributed by atoms with Crippen molar-refractivity contribution in [3.63, 3.8) is 0 Å². The molecule has 0 radical (unpaired) electrons. The molecule has 0 spiro atoms. The van der Waals surface area contributed by atoms with Crippen LogP contribution in [-0.2, 0) is 16.1 Å². The number of carbonyl (C=O) groups excluding carboxylic acids is 2. The second-order valence-corrected chi connectivity index (χ2v) is 7.32. The van der Waals surface area contributed by atoms with Gasteiger partial charge in [-0.15, -0.1) is 0 Å². The number of aromatic nitrogens is 2. The molecule has 1 aliphatic rings. The fraction of sp³-hybridized carbons (Fsp3) is 0.261. The topological polar surface area (TPSA) is 76.5 Å². The molecule has 2 amide bonds. The molecule has 0 saturated carbocycles. The molecule has 0 saturated heterocycles. The van der Waals surface area contributed by atoms with Crippen LogP contribution in [0.5, 0.6) is 5.75 Å². The maximum Gasteiger partial charge on any atom is 0.267 e. The van der Waals surface area contributed by atoms with Crippen LogP contribution in [0, 0.1) is 6.92 Å². The summed E-state index contributed by atoms with van der Waals surface area (Å²) < 4.78 is 7.70. The van der Waals surface area contributed by atoms with Gasteiger partial charge in [-0.05, 0) is 43.7 Å². The summed E-state index contributed by atoms with van der Waals surface area (Å²) >= 11 is 0. The van der Waals surface area contributed by atoms with E-state index in [0.29, 0.717) is 18.0 Å². The van der Waals surface area contributed by atoms with Crippen LogP contribution in [0.3, 0.4) is 0 Å². The molecular formula is C23H24N4O3. The smallest absolute Gasteiger partial charge is 0.267 e. The molecule has 1 N–H and O–H groups in total. The Bertz CT molecular complexity index is 1060. The number of hydrogen-bond donors (Lipinski definition) is 1. The maximum absolute atomic E-state index is 12.5. The van der Waals surface area contributed by atoms with Gasteiger partial charge in [0.1, 0.15) is 11.6 Å². The zero-order valence-electron chi connectivity index (χ0n) is 17.0. The average molecular weight is 404 g/mol. The number of rotatable bonds is 6. The summed E-state index contributed by atoms with van der Waals surface area (Å²) in [5, 5.41) is 2.90. The Morgan fingerprint density at radius 3 is 2.67 bits per heavy atom. The lowest BCUT2D eigenvalue weighted by Gasteiger charge is -2.32. The Kier molecular flexibility index (Phi) is 5.52. The number of ether oxygens (including phenoxy) is 1. The number of nitrogens with one attached hydrogen (secondary N) is 1. The first-order chi connectivity index (χ1) is 14.5. The molecule has 3 aromatic rings. The van der Waals surface area contributed by atoms with Gasteiger partial charge in [0, 0.05) is 37.6 Å². The third-order valence-corrected chi connectivity index (χ3v) is 5.15. The highest BCUT2D eigenvalue weighted by Gasteiger charge is 2.31. The van der Waals surface area contributed by atoms with E-state index in [1.165, 1.54) is 0 Å². The van der Waals surface area contributed by atoms with E-state index in [9.17, 15) is 9.59 Å². The zero-order chi connectivity index (χ0) is 21.1. The molecule has 2 heterocycles. The minimum absolute atomic E-state index is 0.138. The minimum atomic E-state index is -0.561. The number of nitrogens with zero attached hydrogens (tertiary/aromatic N) is 3. The van der Waals surface area contributed by atoms with Gasteiger partial charge >= 0.3 is 0 Å². The Morgan fingerprint density at radius 2 is 1.93 bits per heavy atom. The van der Waals surface area contributed by atoms with Crippen LogP contribution in [-0.4, -0.2) is 34.0 Å². The van der Waals surface area contributed by atoms with E-state index in [1.54, 1.807) is 18.0 Å². The Morgan fingerprint density at radius 1 is 1.17 bits per heavy atom. The van der Waals surface area contributed by atoms with Crippen LogP contribution in [0.15, 0.2) is 60.9 Å². The van der Waals surface area contributed by atoms with Gasteiger partial charge in [-0.1, -0.05) is 24.3 Å². The van der Waals surface area contributed by atoms with Gasteiger partial charge in [0.2, 0.25) is 5.91 Å². The second kappa shape index (κ2) is 8.41. The van der Waals surface area contributed by atoms with Gasteiger partial charge in [-0.3, -0.25) is 9.59 Å². The van der Waals surface area contributed by atoms with Crippen molar-refractivity contribution < 1.29 is 14.3 Å². The number of para-hydroxylation sites is 2. The number of benzene rings is 2. The summed E-state index contributed by atoms with van der Waals surface area (Å²) in [5.41, 5.74) is 2.55. The van der Waals surface area contributed by atoms with Crippen molar-refractivity contribution in [1.29, 1.82) is 0 Å². The Balaban J connectivity index is 1.35. The molecule has 1 aromatic heterocycles. The highest BCUT2D eigenvalue weighted by molar-refractivity contribution is 6.00.